The van der Waals surface area contributed by atoms with Crippen LogP contribution in [0.1, 0.15) is 73.6 Å². The third-order valence-corrected chi connectivity index (χ3v) is 5.59. The standard InChI is InChI=1S/C17H35N/c1-7-14(3)17(13-18-8-2)11-9-15(10-12-17)16(4,5)6/h14-15,18H,7-13H2,1-6H3. The summed E-state index contributed by atoms with van der Waals surface area (Å²) in [5, 5.41) is 3.63. The molecule has 1 heteroatoms. The minimum absolute atomic E-state index is 0.500. The van der Waals surface area contributed by atoms with Crippen molar-refractivity contribution in [2.75, 3.05) is 13.1 Å². The molecule has 0 aromatic rings. The van der Waals surface area contributed by atoms with Gasteiger partial charge in [-0.25, -0.2) is 0 Å². The van der Waals surface area contributed by atoms with Crippen LogP contribution in [0, 0.1) is 22.7 Å². The summed E-state index contributed by atoms with van der Waals surface area (Å²) in [6.07, 6.45) is 7.04. The molecule has 1 aliphatic rings. The number of hydrogen-bond acceptors (Lipinski definition) is 1. The maximum atomic E-state index is 3.63. The zero-order chi connectivity index (χ0) is 13.8. The van der Waals surface area contributed by atoms with Crippen LogP contribution in [0.15, 0.2) is 0 Å². The molecular formula is C17H35N. The summed E-state index contributed by atoms with van der Waals surface area (Å²) >= 11 is 0. The largest absolute Gasteiger partial charge is 0.316 e. The highest BCUT2D eigenvalue weighted by Gasteiger charge is 2.41. The monoisotopic (exact) mass is 253 g/mol. The molecule has 0 saturated heterocycles. The molecule has 18 heavy (non-hydrogen) atoms. The lowest BCUT2D eigenvalue weighted by molar-refractivity contribution is 0.0438. The number of rotatable bonds is 5. The minimum Gasteiger partial charge on any atom is -0.316 e. The van der Waals surface area contributed by atoms with Crippen LogP contribution in [0.2, 0.25) is 0 Å². The fourth-order valence-electron chi connectivity index (χ4n) is 3.71. The zero-order valence-corrected chi connectivity index (χ0v) is 13.6. The van der Waals surface area contributed by atoms with Gasteiger partial charge in [-0.15, -0.1) is 0 Å². The van der Waals surface area contributed by atoms with E-state index in [0.717, 1.165) is 18.4 Å². The predicted molar refractivity (Wildman–Crippen MR) is 81.8 cm³/mol. The van der Waals surface area contributed by atoms with Gasteiger partial charge in [0.2, 0.25) is 0 Å². The van der Waals surface area contributed by atoms with E-state index in [2.05, 4.69) is 46.9 Å². The van der Waals surface area contributed by atoms with Crippen LogP contribution in [0.4, 0.5) is 0 Å². The Morgan fingerprint density at radius 1 is 1.17 bits per heavy atom. The first kappa shape index (κ1) is 16.0. The van der Waals surface area contributed by atoms with Crippen molar-refractivity contribution in [3.8, 4) is 0 Å². The summed E-state index contributed by atoms with van der Waals surface area (Å²) in [5.41, 5.74) is 1.08. The molecule has 1 fully saturated rings. The minimum atomic E-state index is 0.500. The Labute approximate surface area is 115 Å². The van der Waals surface area contributed by atoms with Gasteiger partial charge in [-0.3, -0.25) is 0 Å². The lowest BCUT2D eigenvalue weighted by Gasteiger charge is -2.47. The maximum absolute atomic E-state index is 3.63. The van der Waals surface area contributed by atoms with Crippen molar-refractivity contribution in [1.29, 1.82) is 0 Å². The lowest BCUT2D eigenvalue weighted by Crippen LogP contribution is -2.43. The second-order valence-electron chi connectivity index (χ2n) is 7.59. The Balaban J connectivity index is 2.67. The van der Waals surface area contributed by atoms with Crippen molar-refractivity contribution >= 4 is 0 Å². The van der Waals surface area contributed by atoms with E-state index in [0.29, 0.717) is 10.8 Å². The summed E-state index contributed by atoms with van der Waals surface area (Å²) in [4.78, 5) is 0. The smallest absolute Gasteiger partial charge is 0.00102 e. The van der Waals surface area contributed by atoms with Crippen LogP contribution >= 0.6 is 0 Å². The fourth-order valence-corrected chi connectivity index (χ4v) is 3.71. The first-order chi connectivity index (χ1) is 8.35. The Morgan fingerprint density at radius 3 is 2.11 bits per heavy atom. The Morgan fingerprint density at radius 2 is 1.72 bits per heavy atom. The van der Waals surface area contributed by atoms with E-state index < -0.39 is 0 Å². The fraction of sp³-hybridized carbons (Fsp3) is 1.00. The van der Waals surface area contributed by atoms with Gasteiger partial charge in [-0.2, -0.15) is 0 Å². The topological polar surface area (TPSA) is 12.0 Å². The van der Waals surface area contributed by atoms with E-state index in [1.54, 1.807) is 0 Å². The summed E-state index contributed by atoms with van der Waals surface area (Å²) in [6.45, 7) is 16.6. The second kappa shape index (κ2) is 6.41. The van der Waals surface area contributed by atoms with Crippen molar-refractivity contribution in [2.45, 2.75) is 73.6 Å². The molecule has 1 rings (SSSR count). The zero-order valence-electron chi connectivity index (χ0n) is 13.6. The van der Waals surface area contributed by atoms with Crippen LogP contribution in [0.3, 0.4) is 0 Å². The summed E-state index contributed by atoms with van der Waals surface area (Å²) in [6, 6.07) is 0. The van der Waals surface area contributed by atoms with Gasteiger partial charge < -0.3 is 5.32 Å². The van der Waals surface area contributed by atoms with Gasteiger partial charge >= 0.3 is 0 Å². The van der Waals surface area contributed by atoms with E-state index in [-0.39, 0.29) is 0 Å². The summed E-state index contributed by atoms with van der Waals surface area (Å²) in [7, 11) is 0. The van der Waals surface area contributed by atoms with Gasteiger partial charge in [-0.05, 0) is 54.9 Å². The van der Waals surface area contributed by atoms with Crippen LogP contribution in [-0.4, -0.2) is 13.1 Å². The Kier molecular flexibility index (Phi) is 5.70. The van der Waals surface area contributed by atoms with E-state index in [1.807, 2.05) is 0 Å². The molecule has 0 heterocycles. The van der Waals surface area contributed by atoms with E-state index in [4.69, 9.17) is 0 Å². The summed E-state index contributed by atoms with van der Waals surface area (Å²) in [5.74, 6) is 1.79. The molecule has 0 aromatic carbocycles. The molecule has 0 radical (unpaired) electrons. The normalized spacial score (nSPS) is 31.3. The molecule has 1 saturated carbocycles. The molecule has 0 bridgehead atoms. The van der Waals surface area contributed by atoms with Gasteiger partial charge in [0.05, 0.1) is 0 Å². The highest BCUT2D eigenvalue weighted by atomic mass is 14.9. The molecule has 1 nitrogen and oxygen atoms in total. The molecule has 1 unspecified atom stereocenters. The Bertz CT molecular complexity index is 230. The van der Waals surface area contributed by atoms with E-state index in [9.17, 15) is 0 Å². The highest BCUT2D eigenvalue weighted by molar-refractivity contribution is 4.93. The van der Waals surface area contributed by atoms with Crippen molar-refractivity contribution in [2.24, 2.45) is 22.7 Å². The van der Waals surface area contributed by atoms with Crippen molar-refractivity contribution in [3.05, 3.63) is 0 Å². The van der Waals surface area contributed by atoms with Crippen LogP contribution in [0.5, 0.6) is 0 Å². The van der Waals surface area contributed by atoms with Crippen molar-refractivity contribution in [3.63, 3.8) is 0 Å². The first-order valence-electron chi connectivity index (χ1n) is 8.06. The van der Waals surface area contributed by atoms with Gasteiger partial charge in [0.25, 0.3) is 0 Å². The lowest BCUT2D eigenvalue weighted by atomic mass is 9.59. The molecule has 1 atom stereocenters. The third kappa shape index (κ3) is 3.73. The first-order valence-corrected chi connectivity index (χ1v) is 8.06. The maximum Gasteiger partial charge on any atom is 0.00102 e. The molecule has 108 valence electrons. The van der Waals surface area contributed by atoms with E-state index >= 15 is 0 Å². The number of nitrogens with one attached hydrogen (secondary N) is 1. The predicted octanol–water partition coefficient (Wildman–Crippen LogP) is 4.86. The molecular weight excluding hydrogens is 218 g/mol. The average Bonchev–Trinajstić information content (AvgIpc) is 2.34. The van der Waals surface area contributed by atoms with E-state index in [1.165, 1.54) is 38.6 Å². The van der Waals surface area contributed by atoms with Crippen LogP contribution < -0.4 is 5.32 Å². The molecule has 0 aromatic heterocycles. The second-order valence-corrected chi connectivity index (χ2v) is 7.59. The molecule has 0 spiro atoms. The van der Waals surface area contributed by atoms with Crippen molar-refractivity contribution in [1.82, 2.24) is 5.32 Å². The van der Waals surface area contributed by atoms with Gasteiger partial charge in [-0.1, -0.05) is 48.0 Å². The molecule has 0 aliphatic heterocycles. The SMILES string of the molecule is CCNCC1(C(C)CC)CCC(C(C)(C)C)CC1. The average molecular weight is 253 g/mol. The Hall–Kier alpha value is -0.0400. The van der Waals surface area contributed by atoms with Gasteiger partial charge in [0.1, 0.15) is 0 Å². The van der Waals surface area contributed by atoms with Gasteiger partial charge in [0, 0.05) is 6.54 Å². The van der Waals surface area contributed by atoms with Gasteiger partial charge in [0.15, 0.2) is 0 Å². The summed E-state index contributed by atoms with van der Waals surface area (Å²) < 4.78 is 0. The quantitative estimate of drug-likeness (QED) is 0.737. The molecule has 1 aliphatic carbocycles. The number of hydrogen-bond donors (Lipinski definition) is 1. The molecule has 0 amide bonds. The van der Waals surface area contributed by atoms with Crippen LogP contribution in [0.25, 0.3) is 0 Å². The highest BCUT2D eigenvalue weighted by Crippen LogP contribution is 2.49. The third-order valence-electron chi connectivity index (χ3n) is 5.59. The van der Waals surface area contributed by atoms with Crippen LogP contribution in [-0.2, 0) is 0 Å². The molecule has 1 N–H and O–H groups in total. The van der Waals surface area contributed by atoms with Crippen molar-refractivity contribution < 1.29 is 0 Å².